The number of nitrogens with two attached hydrogens (primary N) is 1. The Kier molecular flexibility index (Phi) is 5.94. The summed E-state index contributed by atoms with van der Waals surface area (Å²) in [5, 5.41) is 8.10. The van der Waals surface area contributed by atoms with Crippen molar-refractivity contribution in [3.8, 4) is 0 Å². The number of carbonyl (C=O) groups excluding carboxylic acids is 1. The van der Waals surface area contributed by atoms with Crippen LogP contribution in [0.4, 0.5) is 5.69 Å². The molecular weight excluding hydrogens is 372 g/mol. The third-order valence-electron chi connectivity index (χ3n) is 2.71. The number of benzene rings is 1. The van der Waals surface area contributed by atoms with Gasteiger partial charge in [-0.2, -0.15) is 0 Å². The molecule has 7 nitrogen and oxygen atoms in total. The fourth-order valence-corrected chi connectivity index (χ4v) is 2.87. The zero-order valence-corrected chi connectivity index (χ0v) is 14.7. The number of rotatable bonds is 6. The van der Waals surface area contributed by atoms with Gasteiger partial charge in [0.25, 0.3) is 5.91 Å². The van der Waals surface area contributed by atoms with Gasteiger partial charge in [0.1, 0.15) is 0 Å². The maximum atomic E-state index is 12.3. The van der Waals surface area contributed by atoms with E-state index in [4.69, 9.17) is 16.7 Å². The number of nitrogens with one attached hydrogen (secondary N) is 1. The van der Waals surface area contributed by atoms with E-state index in [-0.39, 0.29) is 15.6 Å². The van der Waals surface area contributed by atoms with Crippen LogP contribution >= 0.6 is 23.4 Å². The van der Waals surface area contributed by atoms with Gasteiger partial charge in [0, 0.05) is 11.4 Å². The van der Waals surface area contributed by atoms with Crippen LogP contribution in [-0.2, 0) is 10.0 Å². The summed E-state index contributed by atoms with van der Waals surface area (Å²) in [4.78, 5) is 20.4. The molecule has 2 rings (SSSR count). The predicted octanol–water partition coefficient (Wildman–Crippen LogP) is 2.31. The lowest BCUT2D eigenvalue weighted by molar-refractivity contribution is 0.102. The van der Waals surface area contributed by atoms with Gasteiger partial charge < -0.3 is 5.32 Å². The molecule has 1 heterocycles. The maximum Gasteiger partial charge on any atom is 0.275 e. The summed E-state index contributed by atoms with van der Waals surface area (Å²) < 4.78 is 22.4. The van der Waals surface area contributed by atoms with Crippen molar-refractivity contribution in [2.75, 3.05) is 11.1 Å². The van der Waals surface area contributed by atoms with Crippen molar-refractivity contribution in [2.24, 2.45) is 5.14 Å². The Balaban J connectivity index is 2.18. The minimum absolute atomic E-state index is 0.0220. The van der Waals surface area contributed by atoms with Crippen LogP contribution in [0.2, 0.25) is 5.02 Å². The second-order valence-corrected chi connectivity index (χ2v) is 7.43. The molecule has 24 heavy (non-hydrogen) atoms. The fraction of sp³-hybridized carbons (Fsp3) is 0.0714. The van der Waals surface area contributed by atoms with Gasteiger partial charge in [-0.1, -0.05) is 29.4 Å². The largest absolute Gasteiger partial charge is 0.321 e. The van der Waals surface area contributed by atoms with Crippen LogP contribution < -0.4 is 10.5 Å². The van der Waals surface area contributed by atoms with Gasteiger partial charge in [-0.05, 0) is 24.3 Å². The molecule has 1 aromatic carbocycles. The number of aromatic nitrogens is 2. The van der Waals surface area contributed by atoms with Crippen LogP contribution in [0.1, 0.15) is 10.5 Å². The summed E-state index contributed by atoms with van der Waals surface area (Å²) in [5.41, 5.74) is 0.399. The molecule has 126 valence electrons. The first-order chi connectivity index (χ1) is 11.3. The highest BCUT2D eigenvalue weighted by molar-refractivity contribution is 7.99. The van der Waals surface area contributed by atoms with Crippen molar-refractivity contribution in [1.82, 2.24) is 9.97 Å². The number of carbonyl (C=O) groups is 1. The lowest BCUT2D eigenvalue weighted by Crippen LogP contribution is -2.16. The van der Waals surface area contributed by atoms with Crippen molar-refractivity contribution in [3.05, 3.63) is 53.8 Å². The van der Waals surface area contributed by atoms with Gasteiger partial charge in [0.15, 0.2) is 10.9 Å². The molecule has 1 aromatic heterocycles. The molecule has 0 fully saturated rings. The van der Waals surface area contributed by atoms with E-state index < -0.39 is 15.9 Å². The van der Waals surface area contributed by atoms with Crippen molar-refractivity contribution < 1.29 is 13.2 Å². The summed E-state index contributed by atoms with van der Waals surface area (Å²) >= 11 is 7.28. The molecule has 0 atom stereocenters. The fourth-order valence-electron chi connectivity index (χ4n) is 1.63. The summed E-state index contributed by atoms with van der Waals surface area (Å²) in [6.45, 7) is 3.60. The standard InChI is InChI=1S/C14H13ClN4O3S2/c1-2-7-23-14-17-8-11(15)12(19-14)13(20)18-9-3-5-10(6-4-9)24(16,21)22/h2-6,8H,1,7H2,(H,18,20)(H2,16,21,22). The molecular formula is C14H13ClN4O3S2. The molecule has 0 aliphatic rings. The van der Waals surface area contributed by atoms with Crippen LogP contribution in [0.15, 0.2) is 53.2 Å². The van der Waals surface area contributed by atoms with Crippen LogP contribution in [0.25, 0.3) is 0 Å². The summed E-state index contributed by atoms with van der Waals surface area (Å²) in [5.74, 6) is 0.0590. The smallest absolute Gasteiger partial charge is 0.275 e. The van der Waals surface area contributed by atoms with Gasteiger partial charge in [-0.25, -0.2) is 23.5 Å². The average molecular weight is 385 g/mol. The van der Waals surface area contributed by atoms with Crippen molar-refractivity contribution in [2.45, 2.75) is 10.1 Å². The van der Waals surface area contributed by atoms with Crippen LogP contribution in [0.5, 0.6) is 0 Å². The number of sulfonamides is 1. The van der Waals surface area contributed by atoms with Gasteiger partial charge >= 0.3 is 0 Å². The Hall–Kier alpha value is -1.94. The first-order valence-corrected chi connectivity index (χ1v) is 9.42. The Morgan fingerprint density at radius 3 is 2.62 bits per heavy atom. The minimum atomic E-state index is -3.79. The Bertz CT molecular complexity index is 870. The van der Waals surface area contributed by atoms with E-state index in [9.17, 15) is 13.2 Å². The molecule has 0 aliphatic heterocycles. The SMILES string of the molecule is C=CCSc1ncc(Cl)c(C(=O)Nc2ccc(S(N)(=O)=O)cc2)n1. The number of primary sulfonamides is 1. The summed E-state index contributed by atoms with van der Waals surface area (Å²) in [6, 6.07) is 5.41. The zero-order valence-electron chi connectivity index (χ0n) is 12.3. The molecule has 10 heteroatoms. The number of anilines is 1. The van der Waals surface area contributed by atoms with Gasteiger partial charge in [0.2, 0.25) is 10.0 Å². The van der Waals surface area contributed by atoms with Gasteiger partial charge in [-0.15, -0.1) is 6.58 Å². The quantitative estimate of drug-likeness (QED) is 0.448. The Morgan fingerprint density at radius 2 is 2.04 bits per heavy atom. The Labute approximate surface area is 148 Å². The molecule has 0 unspecified atom stereocenters. The summed E-state index contributed by atoms with van der Waals surface area (Å²) in [7, 11) is -3.79. The van der Waals surface area contributed by atoms with Crippen LogP contribution in [0.3, 0.4) is 0 Å². The molecule has 0 radical (unpaired) electrons. The van der Waals surface area contributed by atoms with E-state index in [0.717, 1.165) is 0 Å². The molecule has 3 N–H and O–H groups in total. The number of hydrogen-bond donors (Lipinski definition) is 2. The van der Waals surface area contributed by atoms with E-state index in [2.05, 4.69) is 21.9 Å². The minimum Gasteiger partial charge on any atom is -0.321 e. The molecule has 2 aromatic rings. The van der Waals surface area contributed by atoms with E-state index in [1.54, 1.807) is 6.08 Å². The third kappa shape index (κ3) is 4.78. The predicted molar refractivity (Wildman–Crippen MR) is 93.7 cm³/mol. The van der Waals surface area contributed by atoms with E-state index >= 15 is 0 Å². The van der Waals surface area contributed by atoms with Crippen molar-refractivity contribution in [1.29, 1.82) is 0 Å². The number of nitrogens with zero attached hydrogens (tertiary/aromatic N) is 2. The Morgan fingerprint density at radius 1 is 1.38 bits per heavy atom. The lowest BCUT2D eigenvalue weighted by atomic mass is 10.3. The molecule has 0 saturated carbocycles. The van der Waals surface area contributed by atoms with Crippen molar-refractivity contribution in [3.63, 3.8) is 0 Å². The molecule has 1 amide bonds. The highest BCUT2D eigenvalue weighted by Gasteiger charge is 2.15. The number of halogens is 1. The highest BCUT2D eigenvalue weighted by atomic mass is 35.5. The van der Waals surface area contributed by atoms with Crippen LogP contribution in [-0.4, -0.2) is 30.0 Å². The second kappa shape index (κ2) is 7.75. The van der Waals surface area contributed by atoms with Crippen LogP contribution in [0, 0.1) is 0 Å². The maximum absolute atomic E-state index is 12.3. The average Bonchev–Trinajstić information content (AvgIpc) is 2.53. The topological polar surface area (TPSA) is 115 Å². The monoisotopic (exact) mass is 384 g/mol. The van der Waals surface area contributed by atoms with Crippen molar-refractivity contribution >= 4 is 45.0 Å². The third-order valence-corrected chi connectivity index (χ3v) is 4.77. The first kappa shape index (κ1) is 18.4. The normalized spacial score (nSPS) is 11.1. The molecule has 0 bridgehead atoms. The van der Waals surface area contributed by atoms with Gasteiger partial charge in [-0.3, -0.25) is 4.79 Å². The lowest BCUT2D eigenvalue weighted by Gasteiger charge is -2.07. The molecule has 0 aliphatic carbocycles. The number of amides is 1. The molecule has 0 saturated heterocycles. The second-order valence-electron chi connectivity index (χ2n) is 4.47. The number of hydrogen-bond acceptors (Lipinski definition) is 6. The highest BCUT2D eigenvalue weighted by Crippen LogP contribution is 2.20. The first-order valence-electron chi connectivity index (χ1n) is 6.51. The summed E-state index contributed by atoms with van der Waals surface area (Å²) in [6.07, 6.45) is 3.04. The van der Waals surface area contributed by atoms with E-state index in [0.29, 0.717) is 16.6 Å². The number of thioether (sulfide) groups is 1. The van der Waals surface area contributed by atoms with Gasteiger partial charge in [0.05, 0.1) is 16.1 Å². The molecule has 0 spiro atoms. The van der Waals surface area contributed by atoms with E-state index in [1.165, 1.54) is 42.2 Å². The zero-order chi connectivity index (χ0) is 17.7. The van der Waals surface area contributed by atoms with E-state index in [1.807, 2.05) is 0 Å².